The molecule has 0 saturated heterocycles. The molecule has 0 aliphatic rings. The van der Waals surface area contributed by atoms with Gasteiger partial charge in [-0.3, -0.25) is 9.59 Å². The zero-order valence-electron chi connectivity index (χ0n) is 18.2. The summed E-state index contributed by atoms with van der Waals surface area (Å²) in [6.45, 7) is 6.81. The molecule has 0 fully saturated rings. The van der Waals surface area contributed by atoms with Crippen LogP contribution in [-0.4, -0.2) is 31.0 Å². The fraction of sp³-hybridized carbons (Fsp3) is 0.417. The van der Waals surface area contributed by atoms with Crippen LogP contribution in [0, 0.1) is 0 Å². The molecule has 2 aromatic rings. The van der Waals surface area contributed by atoms with E-state index in [-0.39, 0.29) is 24.4 Å². The summed E-state index contributed by atoms with van der Waals surface area (Å²) in [5.74, 6) is 0.439. The van der Waals surface area contributed by atoms with Gasteiger partial charge in [-0.05, 0) is 50.6 Å². The maximum Gasteiger partial charge on any atom is 0.251 e. The highest BCUT2D eigenvalue weighted by molar-refractivity contribution is 5.98. The van der Waals surface area contributed by atoms with Gasteiger partial charge in [-0.1, -0.05) is 38.3 Å². The number of rotatable bonds is 12. The van der Waals surface area contributed by atoms with Crippen LogP contribution in [0.2, 0.25) is 0 Å². The quantitative estimate of drug-likeness (QED) is 0.437. The lowest BCUT2D eigenvalue weighted by atomic mass is 10.1. The molecule has 0 unspecified atom stereocenters. The minimum absolute atomic E-state index is 0.0519. The molecule has 162 valence electrons. The molecule has 6 nitrogen and oxygen atoms in total. The highest BCUT2D eigenvalue weighted by Crippen LogP contribution is 2.18. The first kappa shape index (κ1) is 23.3. The Morgan fingerprint density at radius 1 is 0.967 bits per heavy atom. The second kappa shape index (κ2) is 12.5. The van der Waals surface area contributed by atoms with Gasteiger partial charge in [0.1, 0.15) is 5.75 Å². The number of unbranched alkanes of at least 4 members (excludes halogenated alkanes) is 3. The van der Waals surface area contributed by atoms with Crippen LogP contribution in [0.25, 0.3) is 0 Å². The Morgan fingerprint density at radius 3 is 2.50 bits per heavy atom. The van der Waals surface area contributed by atoms with Crippen molar-refractivity contribution in [3.63, 3.8) is 0 Å². The summed E-state index contributed by atoms with van der Waals surface area (Å²) in [5.41, 5.74) is 1.92. The third-order valence-electron chi connectivity index (χ3n) is 4.38. The standard InChI is InChI=1S/C24H33N3O3/c1-4-5-6-7-14-30-22-13-9-11-20(16-22)25-17-23(28)27-21-12-8-10-19(15-21)24(29)26-18(2)3/h8-13,15-16,18,25H,4-7,14,17H2,1-3H3,(H,26,29)(H,27,28). The largest absolute Gasteiger partial charge is 0.494 e. The minimum Gasteiger partial charge on any atom is -0.494 e. The molecule has 0 bridgehead atoms. The first-order valence-electron chi connectivity index (χ1n) is 10.7. The lowest BCUT2D eigenvalue weighted by Gasteiger charge is -2.12. The van der Waals surface area contributed by atoms with Crippen molar-refractivity contribution in [1.29, 1.82) is 0 Å². The van der Waals surface area contributed by atoms with Crippen molar-refractivity contribution in [2.24, 2.45) is 0 Å². The van der Waals surface area contributed by atoms with E-state index >= 15 is 0 Å². The Bertz CT molecular complexity index is 821. The molecule has 0 aliphatic heterocycles. The van der Waals surface area contributed by atoms with Gasteiger partial charge >= 0.3 is 0 Å². The number of hydrogen-bond donors (Lipinski definition) is 3. The van der Waals surface area contributed by atoms with Crippen molar-refractivity contribution in [3.8, 4) is 5.75 Å². The molecule has 3 N–H and O–H groups in total. The van der Waals surface area contributed by atoms with Crippen molar-refractivity contribution in [1.82, 2.24) is 5.32 Å². The van der Waals surface area contributed by atoms with Gasteiger partial charge in [0, 0.05) is 29.0 Å². The molecule has 2 aromatic carbocycles. The van der Waals surface area contributed by atoms with Gasteiger partial charge in [0.05, 0.1) is 13.2 Å². The number of benzene rings is 2. The van der Waals surface area contributed by atoms with Crippen molar-refractivity contribution >= 4 is 23.2 Å². The summed E-state index contributed by atoms with van der Waals surface area (Å²) in [5, 5.41) is 8.76. The molecule has 2 amide bonds. The number of nitrogens with one attached hydrogen (secondary N) is 3. The molecule has 0 radical (unpaired) electrons. The lowest BCUT2D eigenvalue weighted by molar-refractivity contribution is -0.114. The molecule has 0 saturated carbocycles. The molecular formula is C24H33N3O3. The SMILES string of the molecule is CCCCCCOc1cccc(NCC(=O)Nc2cccc(C(=O)NC(C)C)c2)c1. The van der Waals surface area contributed by atoms with E-state index in [2.05, 4.69) is 22.9 Å². The van der Waals surface area contributed by atoms with Crippen molar-refractivity contribution < 1.29 is 14.3 Å². The van der Waals surface area contributed by atoms with Gasteiger partial charge in [0.25, 0.3) is 5.91 Å². The molecule has 2 rings (SSSR count). The van der Waals surface area contributed by atoms with Crippen LogP contribution in [0.5, 0.6) is 5.75 Å². The number of carbonyl (C=O) groups is 2. The summed E-state index contributed by atoms with van der Waals surface area (Å²) in [4.78, 5) is 24.4. The Morgan fingerprint density at radius 2 is 1.73 bits per heavy atom. The predicted octanol–water partition coefficient (Wildman–Crippen LogP) is 4.83. The van der Waals surface area contributed by atoms with Crippen molar-refractivity contribution in [2.45, 2.75) is 52.5 Å². The zero-order valence-corrected chi connectivity index (χ0v) is 18.2. The van der Waals surface area contributed by atoms with Crippen LogP contribution in [0.3, 0.4) is 0 Å². The molecule has 0 atom stereocenters. The van der Waals surface area contributed by atoms with E-state index in [0.29, 0.717) is 17.9 Å². The van der Waals surface area contributed by atoms with Crippen LogP contribution in [-0.2, 0) is 4.79 Å². The summed E-state index contributed by atoms with van der Waals surface area (Å²) in [7, 11) is 0. The summed E-state index contributed by atoms with van der Waals surface area (Å²) in [6, 6.07) is 14.6. The monoisotopic (exact) mass is 411 g/mol. The highest BCUT2D eigenvalue weighted by Gasteiger charge is 2.09. The topological polar surface area (TPSA) is 79.5 Å². The van der Waals surface area contributed by atoms with Crippen LogP contribution >= 0.6 is 0 Å². The first-order valence-corrected chi connectivity index (χ1v) is 10.7. The summed E-state index contributed by atoms with van der Waals surface area (Å²) < 4.78 is 5.78. The summed E-state index contributed by atoms with van der Waals surface area (Å²) >= 11 is 0. The second-order valence-electron chi connectivity index (χ2n) is 7.55. The number of carbonyl (C=O) groups excluding carboxylic acids is 2. The Kier molecular flexibility index (Phi) is 9.71. The van der Waals surface area contributed by atoms with Gasteiger partial charge < -0.3 is 20.7 Å². The van der Waals surface area contributed by atoms with E-state index in [9.17, 15) is 9.59 Å². The van der Waals surface area contributed by atoms with Gasteiger partial charge in [-0.15, -0.1) is 0 Å². The van der Waals surface area contributed by atoms with Gasteiger partial charge in [-0.2, -0.15) is 0 Å². The molecule has 0 spiro atoms. The van der Waals surface area contributed by atoms with E-state index in [1.807, 2.05) is 38.1 Å². The minimum atomic E-state index is -0.192. The molecule has 6 heteroatoms. The van der Waals surface area contributed by atoms with E-state index in [1.165, 1.54) is 19.3 Å². The first-order chi connectivity index (χ1) is 14.5. The van der Waals surface area contributed by atoms with E-state index in [0.717, 1.165) is 17.9 Å². The third kappa shape index (κ3) is 8.55. The number of anilines is 2. The average Bonchev–Trinajstić information content (AvgIpc) is 2.72. The predicted molar refractivity (Wildman–Crippen MR) is 122 cm³/mol. The normalized spacial score (nSPS) is 10.5. The smallest absolute Gasteiger partial charge is 0.251 e. The molecule has 0 aliphatic carbocycles. The van der Waals surface area contributed by atoms with Crippen LogP contribution in [0.15, 0.2) is 48.5 Å². The van der Waals surface area contributed by atoms with Crippen molar-refractivity contribution in [3.05, 3.63) is 54.1 Å². The highest BCUT2D eigenvalue weighted by atomic mass is 16.5. The van der Waals surface area contributed by atoms with Gasteiger partial charge in [-0.25, -0.2) is 0 Å². The average molecular weight is 412 g/mol. The Hall–Kier alpha value is -3.02. The maximum absolute atomic E-state index is 12.3. The summed E-state index contributed by atoms with van der Waals surface area (Å²) in [6.07, 6.45) is 4.65. The van der Waals surface area contributed by atoms with E-state index < -0.39 is 0 Å². The molecule has 0 aromatic heterocycles. The molecule has 0 heterocycles. The van der Waals surface area contributed by atoms with Crippen molar-refractivity contribution in [2.75, 3.05) is 23.8 Å². The fourth-order valence-corrected chi connectivity index (χ4v) is 2.89. The van der Waals surface area contributed by atoms with E-state index in [1.54, 1.807) is 24.3 Å². The van der Waals surface area contributed by atoms with Gasteiger partial charge in [0.2, 0.25) is 5.91 Å². The second-order valence-corrected chi connectivity index (χ2v) is 7.55. The third-order valence-corrected chi connectivity index (χ3v) is 4.38. The number of ether oxygens (including phenoxy) is 1. The van der Waals surface area contributed by atoms with Crippen LogP contribution in [0.1, 0.15) is 56.8 Å². The Labute approximate surface area is 179 Å². The van der Waals surface area contributed by atoms with Gasteiger partial charge in [0.15, 0.2) is 0 Å². The Balaban J connectivity index is 1.82. The fourth-order valence-electron chi connectivity index (χ4n) is 2.89. The zero-order chi connectivity index (χ0) is 21.8. The number of hydrogen-bond acceptors (Lipinski definition) is 4. The molecule has 30 heavy (non-hydrogen) atoms. The molecular weight excluding hydrogens is 378 g/mol. The maximum atomic E-state index is 12.3. The lowest BCUT2D eigenvalue weighted by Crippen LogP contribution is -2.30. The van der Waals surface area contributed by atoms with Crippen LogP contribution < -0.4 is 20.7 Å². The van der Waals surface area contributed by atoms with Crippen LogP contribution in [0.4, 0.5) is 11.4 Å². The number of amides is 2. The van der Waals surface area contributed by atoms with E-state index in [4.69, 9.17) is 4.74 Å².